The van der Waals surface area contributed by atoms with Gasteiger partial charge in [-0.3, -0.25) is 19.2 Å². The summed E-state index contributed by atoms with van der Waals surface area (Å²) in [4.78, 5) is 57.4. The maximum atomic E-state index is 14.1. The van der Waals surface area contributed by atoms with Crippen molar-refractivity contribution in [2.24, 2.45) is 5.92 Å². The lowest BCUT2D eigenvalue weighted by molar-refractivity contribution is -0.133. The molecule has 47 heavy (non-hydrogen) atoms. The number of fused-ring (bicyclic) bond motifs is 3. The third-order valence-corrected chi connectivity index (χ3v) is 8.64. The first kappa shape index (κ1) is 33.2. The molecule has 5 N–H and O–H groups in total. The molecule has 10 nitrogen and oxygen atoms in total. The highest BCUT2D eigenvalue weighted by molar-refractivity contribution is 5.93. The summed E-state index contributed by atoms with van der Waals surface area (Å²) < 4.78 is 5.32. The van der Waals surface area contributed by atoms with Crippen molar-refractivity contribution in [2.75, 3.05) is 7.11 Å². The summed E-state index contributed by atoms with van der Waals surface area (Å²) in [5.41, 5.74) is 4.50. The van der Waals surface area contributed by atoms with E-state index >= 15 is 0 Å². The lowest BCUT2D eigenvalue weighted by Gasteiger charge is -2.26. The number of benzene rings is 3. The standard InChI is InChI=1S/C37H43N5O5/c1-22-16-25-8-7-9-26(18-25)17-23(2)39-34(43)20-32(27-12-14-29(47-4)15-13-27)41-37(46)33(42-36(45)24(3)40-35(22)44)19-28-21-38-31-11-6-5-10-30(28)31/h5-15,18,21-24,32-33,38H,16-17,19-20H2,1-4H3,(H,39,43)(H,40,44)(H,41,46)(H,42,45)/t22-,23-,24-,32+,33+/m0/s1. The van der Waals surface area contributed by atoms with Crippen molar-refractivity contribution in [3.05, 3.63) is 101 Å². The van der Waals surface area contributed by atoms with Gasteiger partial charge in [0.05, 0.1) is 19.6 Å². The highest BCUT2D eigenvalue weighted by Crippen LogP contribution is 2.23. The summed E-state index contributed by atoms with van der Waals surface area (Å²) in [6.07, 6.45) is 3.09. The van der Waals surface area contributed by atoms with Crippen LogP contribution in [0.3, 0.4) is 0 Å². The number of nitrogens with one attached hydrogen (secondary N) is 5. The molecule has 3 aromatic carbocycles. The number of hydrogen-bond acceptors (Lipinski definition) is 5. The second kappa shape index (κ2) is 15.0. The van der Waals surface area contributed by atoms with Crippen LogP contribution in [0, 0.1) is 5.92 Å². The van der Waals surface area contributed by atoms with Gasteiger partial charge in [0.25, 0.3) is 0 Å². The molecule has 0 radical (unpaired) electrons. The van der Waals surface area contributed by atoms with Crippen molar-refractivity contribution in [3.8, 4) is 5.75 Å². The average Bonchev–Trinajstić information content (AvgIpc) is 3.46. The van der Waals surface area contributed by atoms with Crippen molar-refractivity contribution < 1.29 is 23.9 Å². The molecule has 1 aliphatic heterocycles. The number of ether oxygens (including phenoxy) is 1. The van der Waals surface area contributed by atoms with Gasteiger partial charge >= 0.3 is 0 Å². The molecular formula is C37H43N5O5. The molecule has 2 bridgehead atoms. The summed E-state index contributed by atoms with van der Waals surface area (Å²) in [5, 5.41) is 12.8. The Morgan fingerprint density at radius 3 is 2.19 bits per heavy atom. The number of H-pyrrole nitrogens is 1. The Balaban J connectivity index is 1.48. The minimum atomic E-state index is -0.996. The Bertz CT molecular complexity index is 1730. The molecule has 0 fully saturated rings. The molecule has 0 saturated carbocycles. The SMILES string of the molecule is COc1ccc([C@H]2CC(=O)N[C@@H](C)Cc3cccc(c3)C[C@H](C)C(=O)N[C@@H](C)C(=O)N[C@H](Cc3c[nH]c4ccccc34)C(=O)N2)cc1. The number of carbonyl (C=O) groups excluding carboxylic acids is 4. The average molecular weight is 638 g/mol. The lowest BCUT2D eigenvalue weighted by atomic mass is 9.96. The van der Waals surface area contributed by atoms with E-state index in [1.807, 2.05) is 80.7 Å². The fourth-order valence-electron chi connectivity index (χ4n) is 6.06. The third-order valence-electron chi connectivity index (χ3n) is 8.64. The molecule has 1 aromatic heterocycles. The molecule has 0 aliphatic carbocycles. The van der Waals surface area contributed by atoms with Gasteiger partial charge in [-0.15, -0.1) is 0 Å². The van der Waals surface area contributed by atoms with Crippen LogP contribution in [-0.4, -0.2) is 53.8 Å². The van der Waals surface area contributed by atoms with Gasteiger partial charge in [-0.25, -0.2) is 0 Å². The van der Waals surface area contributed by atoms with Crippen LogP contribution >= 0.6 is 0 Å². The largest absolute Gasteiger partial charge is 0.497 e. The normalized spacial score (nSPS) is 23.4. The number of methoxy groups -OCH3 is 1. The number of aromatic amines is 1. The Labute approximate surface area is 275 Å². The van der Waals surface area contributed by atoms with E-state index in [1.54, 1.807) is 26.2 Å². The molecule has 0 saturated heterocycles. The summed E-state index contributed by atoms with van der Waals surface area (Å²) in [6, 6.07) is 20.1. The number of carbonyl (C=O) groups is 4. The summed E-state index contributed by atoms with van der Waals surface area (Å²) in [6.45, 7) is 5.37. The van der Waals surface area contributed by atoms with E-state index < -0.39 is 35.9 Å². The second-order valence-electron chi connectivity index (χ2n) is 12.5. The Kier molecular flexibility index (Phi) is 10.6. The van der Waals surface area contributed by atoms with E-state index in [0.717, 1.165) is 27.6 Å². The number of amides is 4. The first-order valence-electron chi connectivity index (χ1n) is 16.1. The van der Waals surface area contributed by atoms with Crippen LogP contribution in [0.25, 0.3) is 10.9 Å². The van der Waals surface area contributed by atoms with Gasteiger partial charge in [0.15, 0.2) is 0 Å². The van der Waals surface area contributed by atoms with E-state index in [2.05, 4.69) is 26.3 Å². The van der Waals surface area contributed by atoms with Gasteiger partial charge in [-0.05, 0) is 67.1 Å². The maximum Gasteiger partial charge on any atom is 0.243 e. The Morgan fingerprint density at radius 1 is 0.723 bits per heavy atom. The highest BCUT2D eigenvalue weighted by Gasteiger charge is 2.29. The number of rotatable bonds is 4. The lowest BCUT2D eigenvalue weighted by Crippen LogP contribution is -2.54. The van der Waals surface area contributed by atoms with E-state index in [4.69, 9.17) is 4.74 Å². The van der Waals surface area contributed by atoms with Gasteiger partial charge in [0.2, 0.25) is 23.6 Å². The molecule has 0 spiro atoms. The van der Waals surface area contributed by atoms with Crippen molar-refractivity contribution in [2.45, 2.75) is 70.6 Å². The Hall–Kier alpha value is -5.12. The topological polar surface area (TPSA) is 141 Å². The zero-order valence-electron chi connectivity index (χ0n) is 27.3. The van der Waals surface area contributed by atoms with Crippen molar-refractivity contribution in [3.63, 3.8) is 0 Å². The molecule has 5 rings (SSSR count). The molecule has 5 atom stereocenters. The fourth-order valence-corrected chi connectivity index (χ4v) is 6.06. The molecule has 10 heteroatoms. The van der Waals surface area contributed by atoms with Gasteiger partial charge < -0.3 is 31.0 Å². The molecule has 4 aromatic rings. The second-order valence-corrected chi connectivity index (χ2v) is 12.5. The predicted octanol–water partition coefficient (Wildman–Crippen LogP) is 3.90. The molecule has 4 amide bonds. The van der Waals surface area contributed by atoms with E-state index in [1.165, 1.54) is 0 Å². The van der Waals surface area contributed by atoms with E-state index in [0.29, 0.717) is 24.2 Å². The summed E-state index contributed by atoms with van der Waals surface area (Å²) in [7, 11) is 1.57. The van der Waals surface area contributed by atoms with Gasteiger partial charge in [-0.2, -0.15) is 0 Å². The minimum absolute atomic E-state index is 0.0137. The molecular weight excluding hydrogens is 594 g/mol. The zero-order chi connectivity index (χ0) is 33.5. The first-order valence-corrected chi connectivity index (χ1v) is 16.1. The van der Waals surface area contributed by atoms with Gasteiger partial charge in [-0.1, -0.05) is 61.5 Å². The van der Waals surface area contributed by atoms with Crippen LogP contribution in [0.5, 0.6) is 5.75 Å². The molecule has 2 heterocycles. The van der Waals surface area contributed by atoms with Crippen molar-refractivity contribution >= 4 is 34.5 Å². The summed E-state index contributed by atoms with van der Waals surface area (Å²) >= 11 is 0. The van der Waals surface area contributed by atoms with Crippen molar-refractivity contribution in [1.29, 1.82) is 0 Å². The van der Waals surface area contributed by atoms with Crippen LogP contribution in [0.4, 0.5) is 0 Å². The van der Waals surface area contributed by atoms with Crippen LogP contribution < -0.4 is 26.0 Å². The van der Waals surface area contributed by atoms with Crippen LogP contribution in [-0.2, 0) is 38.4 Å². The van der Waals surface area contributed by atoms with E-state index in [-0.39, 0.29) is 30.7 Å². The van der Waals surface area contributed by atoms with Crippen molar-refractivity contribution in [1.82, 2.24) is 26.3 Å². The third kappa shape index (κ3) is 8.58. The number of hydrogen-bond donors (Lipinski definition) is 5. The van der Waals surface area contributed by atoms with Crippen LogP contribution in [0.1, 0.15) is 55.5 Å². The smallest absolute Gasteiger partial charge is 0.243 e. The molecule has 246 valence electrons. The van der Waals surface area contributed by atoms with Gasteiger partial charge in [0.1, 0.15) is 17.8 Å². The monoisotopic (exact) mass is 637 g/mol. The zero-order valence-corrected chi connectivity index (χ0v) is 27.3. The first-order chi connectivity index (χ1) is 22.6. The predicted molar refractivity (Wildman–Crippen MR) is 181 cm³/mol. The van der Waals surface area contributed by atoms with Crippen LogP contribution in [0.15, 0.2) is 79.0 Å². The van der Waals surface area contributed by atoms with Gasteiger partial charge in [0, 0.05) is 35.5 Å². The molecule has 1 aliphatic rings. The number of para-hydroxylation sites is 1. The van der Waals surface area contributed by atoms with E-state index in [9.17, 15) is 19.2 Å². The highest BCUT2D eigenvalue weighted by atomic mass is 16.5. The Morgan fingerprint density at radius 2 is 1.45 bits per heavy atom. The fraction of sp³-hybridized carbons (Fsp3) is 0.351. The summed E-state index contributed by atoms with van der Waals surface area (Å²) in [5.74, 6) is -1.17. The van der Waals surface area contributed by atoms with Crippen LogP contribution in [0.2, 0.25) is 0 Å². The number of aromatic nitrogens is 1. The maximum absolute atomic E-state index is 14.1. The quantitative estimate of drug-likeness (QED) is 0.231. The minimum Gasteiger partial charge on any atom is -0.497 e. The molecule has 0 unspecified atom stereocenters.